The zero-order chi connectivity index (χ0) is 13.8. The van der Waals surface area contributed by atoms with Crippen LogP contribution in [-0.2, 0) is 4.74 Å². The van der Waals surface area contributed by atoms with E-state index in [2.05, 4.69) is 29.5 Å². The lowest BCUT2D eigenvalue weighted by Crippen LogP contribution is -2.13. The summed E-state index contributed by atoms with van der Waals surface area (Å²) in [4.78, 5) is 12.0. The number of rotatable bonds is 4. The Labute approximate surface area is 125 Å². The van der Waals surface area contributed by atoms with Gasteiger partial charge in [0.2, 0.25) is 0 Å². The van der Waals surface area contributed by atoms with Gasteiger partial charge in [-0.05, 0) is 47.2 Å². The number of hydrogen-bond acceptors (Lipinski definition) is 3. The summed E-state index contributed by atoms with van der Waals surface area (Å²) in [5.74, 6) is 0.780. The number of carbonyl (C=O) groups excluding carboxylic acids is 1. The first kappa shape index (κ1) is 14.2. The highest BCUT2D eigenvalue weighted by Gasteiger charge is 2.13. The summed E-state index contributed by atoms with van der Waals surface area (Å²) < 4.78 is 13.0. The number of nitrogens with zero attached hydrogens (tertiary/aromatic N) is 1. The van der Waals surface area contributed by atoms with Gasteiger partial charge < -0.3 is 9.47 Å². The zero-order valence-corrected chi connectivity index (χ0v) is 13.1. The van der Waals surface area contributed by atoms with Crippen LogP contribution in [0.25, 0.3) is 10.9 Å². The summed E-state index contributed by atoms with van der Waals surface area (Å²) in [5.41, 5.74) is 0.840. The van der Waals surface area contributed by atoms with Gasteiger partial charge in [-0.2, -0.15) is 0 Å². The average Bonchev–Trinajstić information content (AvgIpc) is 2.76. The van der Waals surface area contributed by atoms with Crippen LogP contribution in [0.15, 0.2) is 24.4 Å². The van der Waals surface area contributed by atoms with Crippen molar-refractivity contribution < 1.29 is 14.3 Å². The number of ether oxygens (including phenoxy) is 2. The number of benzene rings is 1. The summed E-state index contributed by atoms with van der Waals surface area (Å²) in [6.45, 7) is 2.52. The number of carbonyl (C=O) groups is 1. The van der Waals surface area contributed by atoms with Crippen molar-refractivity contribution in [3.63, 3.8) is 0 Å². The highest BCUT2D eigenvalue weighted by molar-refractivity contribution is 14.1. The highest BCUT2D eigenvalue weighted by atomic mass is 127. The van der Waals surface area contributed by atoms with Crippen molar-refractivity contribution in [2.24, 2.45) is 0 Å². The molecule has 1 aromatic carbocycles. The largest absolute Gasteiger partial charge is 0.497 e. The lowest BCUT2D eigenvalue weighted by molar-refractivity contribution is 0.147. The van der Waals surface area contributed by atoms with Crippen LogP contribution in [0.4, 0.5) is 4.79 Å². The Bertz CT molecular complexity index is 592. The van der Waals surface area contributed by atoms with Gasteiger partial charge in [0.1, 0.15) is 5.75 Å². The van der Waals surface area contributed by atoms with Gasteiger partial charge in [0.05, 0.1) is 19.2 Å². The minimum Gasteiger partial charge on any atom is -0.497 e. The molecule has 2 rings (SSSR count). The van der Waals surface area contributed by atoms with E-state index < -0.39 is 0 Å². The number of halogens is 1. The van der Waals surface area contributed by atoms with E-state index in [1.165, 1.54) is 0 Å². The SMILES string of the molecule is CCCCOC(=O)n1cc(I)c2cc(OC)ccc21. The molecular formula is C14H16INO3. The third-order valence-electron chi connectivity index (χ3n) is 2.88. The van der Waals surface area contributed by atoms with Gasteiger partial charge in [-0.3, -0.25) is 4.57 Å². The molecule has 4 nitrogen and oxygen atoms in total. The van der Waals surface area contributed by atoms with Gasteiger partial charge in [-0.1, -0.05) is 13.3 Å². The number of unbranched alkanes of at least 4 members (excludes halogenated alkanes) is 1. The van der Waals surface area contributed by atoms with Crippen LogP contribution in [-0.4, -0.2) is 24.4 Å². The van der Waals surface area contributed by atoms with E-state index in [1.807, 2.05) is 18.2 Å². The van der Waals surface area contributed by atoms with Gasteiger partial charge in [-0.15, -0.1) is 0 Å². The van der Waals surface area contributed by atoms with Gasteiger partial charge in [0.15, 0.2) is 0 Å². The van der Waals surface area contributed by atoms with Crippen molar-refractivity contribution in [1.29, 1.82) is 0 Å². The van der Waals surface area contributed by atoms with Crippen molar-refractivity contribution >= 4 is 39.6 Å². The van der Waals surface area contributed by atoms with Crippen molar-refractivity contribution in [2.45, 2.75) is 19.8 Å². The number of fused-ring (bicyclic) bond motifs is 1. The van der Waals surface area contributed by atoms with Gasteiger partial charge >= 0.3 is 6.09 Å². The first-order valence-corrected chi connectivity index (χ1v) is 7.27. The van der Waals surface area contributed by atoms with Crippen LogP contribution in [0, 0.1) is 3.57 Å². The Kier molecular flexibility index (Phi) is 4.68. The van der Waals surface area contributed by atoms with Crippen LogP contribution < -0.4 is 4.74 Å². The van der Waals surface area contributed by atoms with E-state index in [1.54, 1.807) is 17.9 Å². The van der Waals surface area contributed by atoms with E-state index in [0.29, 0.717) is 6.61 Å². The predicted octanol–water partition coefficient (Wildman–Crippen LogP) is 4.04. The van der Waals surface area contributed by atoms with E-state index in [4.69, 9.17) is 9.47 Å². The number of methoxy groups -OCH3 is 1. The number of aromatic nitrogens is 1. The molecule has 0 aliphatic carbocycles. The minimum absolute atomic E-state index is 0.327. The molecule has 0 saturated heterocycles. The first-order chi connectivity index (χ1) is 9.17. The zero-order valence-electron chi connectivity index (χ0n) is 11.0. The topological polar surface area (TPSA) is 40.5 Å². The second-order valence-electron chi connectivity index (χ2n) is 4.20. The Hall–Kier alpha value is -1.24. The molecule has 0 unspecified atom stereocenters. The van der Waals surface area contributed by atoms with Gasteiger partial charge in [0.25, 0.3) is 0 Å². The molecule has 1 aromatic heterocycles. The summed E-state index contributed by atoms with van der Waals surface area (Å²) in [7, 11) is 1.63. The van der Waals surface area contributed by atoms with Crippen molar-refractivity contribution in [1.82, 2.24) is 4.57 Å². The van der Waals surface area contributed by atoms with Crippen LogP contribution in [0.2, 0.25) is 0 Å². The molecule has 5 heteroatoms. The second-order valence-corrected chi connectivity index (χ2v) is 5.36. The fourth-order valence-corrected chi connectivity index (χ4v) is 2.53. The molecule has 0 saturated carbocycles. The molecule has 0 bridgehead atoms. The predicted molar refractivity (Wildman–Crippen MR) is 82.9 cm³/mol. The first-order valence-electron chi connectivity index (χ1n) is 6.19. The van der Waals surface area contributed by atoms with Crippen molar-refractivity contribution in [2.75, 3.05) is 13.7 Å². The van der Waals surface area contributed by atoms with Crippen LogP contribution in [0.1, 0.15) is 19.8 Å². The van der Waals surface area contributed by atoms with Crippen molar-refractivity contribution in [3.05, 3.63) is 28.0 Å². The molecule has 19 heavy (non-hydrogen) atoms. The summed E-state index contributed by atoms with van der Waals surface area (Å²) in [6.07, 6.45) is 3.36. The molecule has 0 N–H and O–H groups in total. The van der Waals surface area contributed by atoms with Crippen LogP contribution in [0.3, 0.4) is 0 Å². The van der Waals surface area contributed by atoms with Gasteiger partial charge in [0, 0.05) is 15.2 Å². The summed E-state index contributed by atoms with van der Waals surface area (Å²) in [5, 5.41) is 0.993. The Morgan fingerprint density at radius 3 is 2.89 bits per heavy atom. The lowest BCUT2D eigenvalue weighted by atomic mass is 10.2. The molecule has 0 fully saturated rings. The van der Waals surface area contributed by atoms with Gasteiger partial charge in [-0.25, -0.2) is 4.79 Å². The fourth-order valence-electron chi connectivity index (χ4n) is 1.82. The monoisotopic (exact) mass is 373 g/mol. The highest BCUT2D eigenvalue weighted by Crippen LogP contribution is 2.27. The molecule has 1 heterocycles. The lowest BCUT2D eigenvalue weighted by Gasteiger charge is -2.06. The molecule has 0 aliphatic rings. The molecule has 0 radical (unpaired) electrons. The fraction of sp³-hybridized carbons (Fsp3) is 0.357. The molecular weight excluding hydrogens is 357 g/mol. The maximum atomic E-state index is 12.0. The van der Waals surface area contributed by atoms with E-state index in [-0.39, 0.29) is 6.09 Å². The third kappa shape index (κ3) is 3.02. The molecule has 0 atom stereocenters. The number of hydrogen-bond donors (Lipinski definition) is 0. The minimum atomic E-state index is -0.327. The Balaban J connectivity index is 2.31. The Morgan fingerprint density at radius 2 is 2.21 bits per heavy atom. The maximum absolute atomic E-state index is 12.0. The summed E-state index contributed by atoms with van der Waals surface area (Å²) in [6, 6.07) is 5.64. The van der Waals surface area contributed by atoms with E-state index in [0.717, 1.165) is 33.1 Å². The molecule has 102 valence electrons. The Morgan fingerprint density at radius 1 is 1.42 bits per heavy atom. The van der Waals surface area contributed by atoms with E-state index in [9.17, 15) is 4.79 Å². The van der Waals surface area contributed by atoms with Crippen LogP contribution in [0.5, 0.6) is 5.75 Å². The van der Waals surface area contributed by atoms with Crippen LogP contribution >= 0.6 is 22.6 Å². The van der Waals surface area contributed by atoms with E-state index >= 15 is 0 Å². The molecule has 2 aromatic rings. The third-order valence-corrected chi connectivity index (χ3v) is 3.74. The maximum Gasteiger partial charge on any atom is 0.418 e. The van der Waals surface area contributed by atoms with Crippen molar-refractivity contribution in [3.8, 4) is 5.75 Å². The molecule has 0 spiro atoms. The molecule has 0 amide bonds. The average molecular weight is 373 g/mol. The summed E-state index contributed by atoms with van der Waals surface area (Å²) >= 11 is 2.21. The smallest absolute Gasteiger partial charge is 0.418 e. The second kappa shape index (κ2) is 6.27. The normalized spacial score (nSPS) is 10.7. The quantitative estimate of drug-likeness (QED) is 0.600. The standard InChI is InChI=1S/C14H16INO3/c1-3-4-7-19-14(17)16-9-12(15)11-8-10(18-2)5-6-13(11)16/h5-6,8-9H,3-4,7H2,1-2H3. The molecule has 0 aliphatic heterocycles.